The second-order valence-corrected chi connectivity index (χ2v) is 8.58. The molecule has 0 bridgehead atoms. The van der Waals surface area contributed by atoms with Crippen LogP contribution in [-0.2, 0) is 4.79 Å². The third-order valence-electron chi connectivity index (χ3n) is 6.65. The van der Waals surface area contributed by atoms with E-state index in [1.165, 1.54) is 43.4 Å². The number of fused-ring (bicyclic) bond motifs is 1. The van der Waals surface area contributed by atoms with E-state index >= 15 is 0 Å². The molecule has 3 aromatic carbocycles. The number of nitrogens with zero attached hydrogens (tertiary/aromatic N) is 3. The van der Waals surface area contributed by atoms with Crippen molar-refractivity contribution in [3.8, 4) is 11.5 Å². The number of halogens is 1. The first-order valence-electron chi connectivity index (χ1n) is 11.2. The van der Waals surface area contributed by atoms with E-state index in [0.29, 0.717) is 22.6 Å². The van der Waals surface area contributed by atoms with E-state index in [-0.39, 0.29) is 16.8 Å². The quantitative estimate of drug-likeness (QED) is 0.216. The Morgan fingerprint density at radius 1 is 0.892 bits per heavy atom. The summed E-state index contributed by atoms with van der Waals surface area (Å²) in [6, 6.07) is 10.6. The van der Waals surface area contributed by atoms with Crippen LogP contribution in [-0.4, -0.2) is 47.8 Å². The summed E-state index contributed by atoms with van der Waals surface area (Å²) in [5.41, 5.74) is 0.0453. The molecule has 0 N–H and O–H groups in total. The summed E-state index contributed by atoms with van der Waals surface area (Å²) in [7, 11) is 2.89. The smallest absolute Gasteiger partial charge is 0.282 e. The van der Waals surface area contributed by atoms with Gasteiger partial charge in [0, 0.05) is 11.8 Å². The maximum Gasteiger partial charge on any atom is 0.282 e. The van der Waals surface area contributed by atoms with Gasteiger partial charge in [0.05, 0.1) is 30.7 Å². The molecule has 0 radical (unpaired) electrons. The second kappa shape index (κ2) is 8.70. The lowest BCUT2D eigenvalue weighted by molar-refractivity contribution is -0.385. The first-order chi connectivity index (χ1) is 17.7. The second-order valence-electron chi connectivity index (χ2n) is 8.58. The van der Waals surface area contributed by atoms with Crippen molar-refractivity contribution < 1.29 is 33.2 Å². The number of hydrogen-bond acceptors (Lipinski definition) is 7. The average molecular weight is 505 g/mol. The Kier molecular flexibility index (Phi) is 5.62. The number of amides is 3. The number of imide groups is 1. The molecule has 0 aliphatic carbocycles. The summed E-state index contributed by atoms with van der Waals surface area (Å²) in [4.78, 5) is 53.1. The van der Waals surface area contributed by atoms with Gasteiger partial charge in [0.1, 0.15) is 17.4 Å². The van der Waals surface area contributed by atoms with Gasteiger partial charge in [-0.1, -0.05) is 18.2 Å². The number of nitro groups is 1. The molecule has 1 fully saturated rings. The van der Waals surface area contributed by atoms with Crippen LogP contribution < -0.4 is 14.4 Å². The summed E-state index contributed by atoms with van der Waals surface area (Å²) >= 11 is 0. The van der Waals surface area contributed by atoms with Crippen LogP contribution in [0.25, 0.3) is 0 Å². The summed E-state index contributed by atoms with van der Waals surface area (Å²) in [6.07, 6.45) is 0. The van der Waals surface area contributed by atoms with Crippen LogP contribution in [0.4, 0.5) is 15.8 Å². The lowest BCUT2D eigenvalue weighted by atomic mass is 9.86. The Hall–Kier alpha value is -4.80. The lowest BCUT2D eigenvalue weighted by Gasteiger charge is -2.49. The molecule has 0 saturated carbocycles. The van der Waals surface area contributed by atoms with Crippen molar-refractivity contribution in [3.63, 3.8) is 0 Å². The number of rotatable bonds is 6. The SMILES string of the molecule is COc1ccc([C@@H]2[C@@H](N3C(=O)c4cccc([N+](=O)[O-])c4C3=O)C(=O)N2c2ccc(C)c(F)c2)cc1OC. The molecule has 2 aliphatic rings. The van der Waals surface area contributed by atoms with Crippen LogP contribution in [0.2, 0.25) is 0 Å². The summed E-state index contributed by atoms with van der Waals surface area (Å²) in [6.45, 7) is 1.58. The molecule has 0 spiro atoms. The van der Waals surface area contributed by atoms with Crippen molar-refractivity contribution in [2.45, 2.75) is 19.0 Å². The summed E-state index contributed by atoms with van der Waals surface area (Å²) < 4.78 is 25.1. The number of β-lactam (4-membered cyclic amide) rings is 1. The lowest BCUT2D eigenvalue weighted by Crippen LogP contribution is -2.67. The van der Waals surface area contributed by atoms with E-state index in [4.69, 9.17) is 9.47 Å². The van der Waals surface area contributed by atoms with Gasteiger partial charge in [-0.25, -0.2) is 4.39 Å². The van der Waals surface area contributed by atoms with Crippen molar-refractivity contribution in [2.75, 3.05) is 19.1 Å². The van der Waals surface area contributed by atoms with Crippen LogP contribution in [0.3, 0.4) is 0 Å². The third kappa shape index (κ3) is 3.50. The normalized spacial score (nSPS) is 18.5. The number of carbonyl (C=O) groups excluding carboxylic acids is 3. The minimum atomic E-state index is -1.32. The number of ether oxygens (including phenoxy) is 2. The Labute approximate surface area is 210 Å². The zero-order valence-corrected chi connectivity index (χ0v) is 19.9. The summed E-state index contributed by atoms with van der Waals surface area (Å²) in [5.74, 6) is -2.17. The third-order valence-corrected chi connectivity index (χ3v) is 6.65. The monoisotopic (exact) mass is 505 g/mol. The zero-order chi connectivity index (χ0) is 26.6. The number of aryl methyl sites for hydroxylation is 1. The molecule has 5 rings (SSSR count). The number of nitro benzene ring substituents is 1. The summed E-state index contributed by atoms with van der Waals surface area (Å²) in [5, 5.41) is 11.5. The van der Waals surface area contributed by atoms with Crippen molar-refractivity contribution in [1.82, 2.24) is 4.90 Å². The minimum Gasteiger partial charge on any atom is -0.493 e. The van der Waals surface area contributed by atoms with E-state index in [1.807, 2.05) is 0 Å². The Balaban J connectivity index is 1.64. The highest BCUT2D eigenvalue weighted by molar-refractivity contribution is 6.26. The molecule has 10 nitrogen and oxygen atoms in total. The maximum absolute atomic E-state index is 14.4. The van der Waals surface area contributed by atoms with E-state index in [2.05, 4.69) is 0 Å². The largest absolute Gasteiger partial charge is 0.493 e. The van der Waals surface area contributed by atoms with Gasteiger partial charge in [0.15, 0.2) is 11.5 Å². The van der Waals surface area contributed by atoms with Crippen LogP contribution in [0.15, 0.2) is 54.6 Å². The van der Waals surface area contributed by atoms with E-state index in [1.54, 1.807) is 31.2 Å². The molecule has 3 amide bonds. The molecular formula is C26H20FN3O7. The molecule has 2 heterocycles. The fourth-order valence-corrected chi connectivity index (χ4v) is 4.80. The molecule has 2 aliphatic heterocycles. The van der Waals surface area contributed by atoms with Crippen LogP contribution in [0.1, 0.15) is 37.9 Å². The minimum absolute atomic E-state index is 0.155. The van der Waals surface area contributed by atoms with Crippen molar-refractivity contribution in [1.29, 1.82) is 0 Å². The predicted molar refractivity (Wildman–Crippen MR) is 128 cm³/mol. The molecule has 0 unspecified atom stereocenters. The molecule has 1 saturated heterocycles. The van der Waals surface area contributed by atoms with Gasteiger partial charge in [-0.05, 0) is 48.4 Å². The van der Waals surface area contributed by atoms with Gasteiger partial charge < -0.3 is 14.4 Å². The van der Waals surface area contributed by atoms with Gasteiger partial charge in [-0.2, -0.15) is 0 Å². The Morgan fingerprint density at radius 2 is 1.62 bits per heavy atom. The molecule has 37 heavy (non-hydrogen) atoms. The van der Waals surface area contributed by atoms with Crippen LogP contribution in [0, 0.1) is 22.9 Å². The number of methoxy groups -OCH3 is 2. The van der Waals surface area contributed by atoms with Gasteiger partial charge in [-0.3, -0.25) is 29.4 Å². The molecular weight excluding hydrogens is 485 g/mol. The van der Waals surface area contributed by atoms with E-state index in [0.717, 1.165) is 11.0 Å². The van der Waals surface area contributed by atoms with Crippen molar-refractivity contribution in [3.05, 3.63) is 92.8 Å². The number of anilines is 1. The van der Waals surface area contributed by atoms with E-state index < -0.39 is 46.2 Å². The standard InChI is InChI=1S/C26H20FN3O7/c1-13-7-9-15(12-17(13)27)28-22(14-8-10-19(36-2)20(11-14)37-3)23(26(28)33)29-24(31)16-5-4-6-18(30(34)35)21(16)25(29)32/h4-12,22-23H,1-3H3/t22-,23-/m1/s1. The van der Waals surface area contributed by atoms with Crippen LogP contribution in [0.5, 0.6) is 11.5 Å². The number of benzene rings is 3. The van der Waals surface area contributed by atoms with Gasteiger partial charge in [0.25, 0.3) is 23.4 Å². The fourth-order valence-electron chi connectivity index (χ4n) is 4.80. The van der Waals surface area contributed by atoms with Crippen LogP contribution >= 0.6 is 0 Å². The van der Waals surface area contributed by atoms with Gasteiger partial charge in [0.2, 0.25) is 0 Å². The van der Waals surface area contributed by atoms with E-state index in [9.17, 15) is 28.9 Å². The number of hydrogen-bond donors (Lipinski definition) is 0. The fraction of sp³-hybridized carbons (Fsp3) is 0.192. The van der Waals surface area contributed by atoms with Crippen molar-refractivity contribution >= 4 is 29.1 Å². The predicted octanol–water partition coefficient (Wildman–Crippen LogP) is 3.81. The zero-order valence-electron chi connectivity index (χ0n) is 19.9. The highest BCUT2D eigenvalue weighted by Crippen LogP contribution is 2.46. The first kappa shape index (κ1) is 23.9. The highest BCUT2D eigenvalue weighted by Gasteiger charge is 2.58. The van der Waals surface area contributed by atoms with Gasteiger partial charge >= 0.3 is 0 Å². The Morgan fingerprint density at radius 3 is 2.27 bits per heavy atom. The van der Waals surface area contributed by atoms with Gasteiger partial charge in [-0.15, -0.1) is 0 Å². The van der Waals surface area contributed by atoms with Crippen molar-refractivity contribution in [2.24, 2.45) is 0 Å². The molecule has 11 heteroatoms. The molecule has 0 aromatic heterocycles. The molecule has 3 aromatic rings. The highest BCUT2D eigenvalue weighted by atomic mass is 19.1. The molecule has 2 atom stereocenters. The Bertz CT molecular complexity index is 1510. The maximum atomic E-state index is 14.4. The number of carbonyl (C=O) groups is 3. The first-order valence-corrected chi connectivity index (χ1v) is 11.2. The molecule has 188 valence electrons. The average Bonchev–Trinajstić information content (AvgIpc) is 3.14. The topological polar surface area (TPSA) is 119 Å².